The fraction of sp³-hybridized carbons (Fsp3) is 0.550. The highest BCUT2D eigenvalue weighted by molar-refractivity contribution is 5.96. The van der Waals surface area contributed by atoms with Gasteiger partial charge in [0, 0.05) is 30.2 Å². The van der Waals surface area contributed by atoms with E-state index in [1.165, 1.54) is 36.9 Å². The minimum absolute atomic E-state index is 0.421. The fourth-order valence-electron chi connectivity index (χ4n) is 3.75. The average Bonchev–Trinajstić information content (AvgIpc) is 3.17. The Labute approximate surface area is 144 Å². The molecule has 1 aliphatic heterocycles. The molecule has 0 spiro atoms. The molecular weight excluding hydrogens is 300 g/mol. The lowest BCUT2D eigenvalue weighted by Gasteiger charge is -2.13. The van der Waals surface area contributed by atoms with E-state index in [1.807, 2.05) is 13.0 Å². The zero-order valence-corrected chi connectivity index (χ0v) is 14.8. The van der Waals surface area contributed by atoms with Crippen LogP contribution in [0.15, 0.2) is 18.3 Å². The first-order valence-corrected chi connectivity index (χ1v) is 9.18. The Bertz CT molecular complexity index is 727. The molecule has 2 heterocycles. The standard InChI is InChI=1S/C20H28N2O2/c1-3-4-10-22-14-16(7-11-21-8-5-6-9-21)18-12-15(2)17(20(23)24)13-19(18)22/h12-14H,3-11H2,1-2H3,(H,23,24). The molecule has 2 aromatic rings. The maximum absolute atomic E-state index is 11.5. The molecule has 0 aliphatic carbocycles. The second kappa shape index (κ2) is 7.39. The van der Waals surface area contributed by atoms with Gasteiger partial charge >= 0.3 is 5.97 Å². The minimum atomic E-state index is -0.837. The predicted octanol–water partition coefficient (Wildman–Crippen LogP) is 4.09. The zero-order valence-electron chi connectivity index (χ0n) is 14.8. The summed E-state index contributed by atoms with van der Waals surface area (Å²) in [5.41, 5.74) is 3.70. The number of benzene rings is 1. The van der Waals surface area contributed by atoms with Crippen molar-refractivity contribution in [2.45, 2.75) is 52.5 Å². The maximum Gasteiger partial charge on any atom is 0.336 e. The monoisotopic (exact) mass is 328 g/mol. The van der Waals surface area contributed by atoms with E-state index < -0.39 is 5.97 Å². The molecule has 4 nitrogen and oxygen atoms in total. The van der Waals surface area contributed by atoms with Gasteiger partial charge in [-0.2, -0.15) is 0 Å². The van der Waals surface area contributed by atoms with E-state index in [0.29, 0.717) is 5.56 Å². The molecule has 0 amide bonds. The number of hydrogen-bond acceptors (Lipinski definition) is 2. The SMILES string of the molecule is CCCCn1cc(CCN2CCCC2)c2cc(C)c(C(=O)O)cc21. The van der Waals surface area contributed by atoms with Gasteiger partial charge in [0.25, 0.3) is 0 Å². The largest absolute Gasteiger partial charge is 0.478 e. The lowest BCUT2D eigenvalue weighted by atomic mass is 10.0. The van der Waals surface area contributed by atoms with E-state index >= 15 is 0 Å². The van der Waals surface area contributed by atoms with E-state index in [4.69, 9.17) is 0 Å². The molecule has 0 atom stereocenters. The molecule has 1 aromatic carbocycles. The summed E-state index contributed by atoms with van der Waals surface area (Å²) < 4.78 is 2.25. The molecular formula is C20H28N2O2. The number of likely N-dealkylation sites (tertiary alicyclic amines) is 1. The Hall–Kier alpha value is -1.81. The topological polar surface area (TPSA) is 45.5 Å². The van der Waals surface area contributed by atoms with Gasteiger partial charge in [-0.15, -0.1) is 0 Å². The van der Waals surface area contributed by atoms with Gasteiger partial charge in [0.2, 0.25) is 0 Å². The van der Waals surface area contributed by atoms with Crippen LogP contribution in [0, 0.1) is 6.92 Å². The van der Waals surface area contributed by atoms with Crippen LogP contribution in [0.1, 0.15) is 54.1 Å². The lowest BCUT2D eigenvalue weighted by Crippen LogP contribution is -2.21. The molecule has 4 heteroatoms. The van der Waals surface area contributed by atoms with E-state index in [1.54, 1.807) is 0 Å². The molecule has 1 aromatic heterocycles. The third kappa shape index (κ3) is 3.48. The van der Waals surface area contributed by atoms with E-state index in [2.05, 4.69) is 28.7 Å². The van der Waals surface area contributed by atoms with Crippen molar-refractivity contribution < 1.29 is 9.90 Å². The number of fused-ring (bicyclic) bond motifs is 1. The summed E-state index contributed by atoms with van der Waals surface area (Å²) >= 11 is 0. The van der Waals surface area contributed by atoms with Crippen LogP contribution in [0.25, 0.3) is 10.9 Å². The Morgan fingerprint density at radius 3 is 2.62 bits per heavy atom. The van der Waals surface area contributed by atoms with Crippen LogP contribution in [0.5, 0.6) is 0 Å². The molecule has 0 saturated carbocycles. The van der Waals surface area contributed by atoms with Crippen molar-refractivity contribution in [3.63, 3.8) is 0 Å². The number of carboxylic acids is 1. The van der Waals surface area contributed by atoms with E-state index in [9.17, 15) is 9.90 Å². The summed E-state index contributed by atoms with van der Waals surface area (Å²) in [5.74, 6) is -0.837. The number of carbonyl (C=O) groups is 1. The number of unbranched alkanes of at least 4 members (excludes halogenated alkanes) is 1. The van der Waals surface area contributed by atoms with Crippen molar-refractivity contribution in [3.8, 4) is 0 Å². The summed E-state index contributed by atoms with van der Waals surface area (Å²) in [6.45, 7) is 8.59. The van der Waals surface area contributed by atoms with E-state index in [0.717, 1.165) is 43.4 Å². The molecule has 1 fully saturated rings. The van der Waals surface area contributed by atoms with Gasteiger partial charge in [0.05, 0.1) is 5.56 Å². The fourth-order valence-corrected chi connectivity index (χ4v) is 3.75. The molecule has 1 aliphatic rings. The van der Waals surface area contributed by atoms with Crippen molar-refractivity contribution in [2.75, 3.05) is 19.6 Å². The summed E-state index contributed by atoms with van der Waals surface area (Å²) in [7, 11) is 0. The second-order valence-electron chi connectivity index (χ2n) is 6.99. The van der Waals surface area contributed by atoms with Gasteiger partial charge in [-0.25, -0.2) is 4.79 Å². The highest BCUT2D eigenvalue weighted by Gasteiger charge is 2.16. The smallest absolute Gasteiger partial charge is 0.336 e. The van der Waals surface area contributed by atoms with Gasteiger partial charge in [0.15, 0.2) is 0 Å². The van der Waals surface area contributed by atoms with E-state index in [-0.39, 0.29) is 0 Å². The molecule has 1 saturated heterocycles. The first-order chi connectivity index (χ1) is 11.6. The van der Waals surface area contributed by atoms with Crippen molar-refractivity contribution >= 4 is 16.9 Å². The van der Waals surface area contributed by atoms with Gasteiger partial charge in [0.1, 0.15) is 0 Å². The Kier molecular flexibility index (Phi) is 5.24. The van der Waals surface area contributed by atoms with Crippen molar-refractivity contribution in [3.05, 3.63) is 35.0 Å². The second-order valence-corrected chi connectivity index (χ2v) is 6.99. The third-order valence-corrected chi connectivity index (χ3v) is 5.19. The molecule has 24 heavy (non-hydrogen) atoms. The summed E-state index contributed by atoms with van der Waals surface area (Å²) in [6.07, 6.45) is 8.19. The van der Waals surface area contributed by atoms with Gasteiger partial charge < -0.3 is 14.6 Å². The van der Waals surface area contributed by atoms with Crippen LogP contribution in [0.4, 0.5) is 0 Å². The van der Waals surface area contributed by atoms with Crippen molar-refractivity contribution in [1.29, 1.82) is 0 Å². The quantitative estimate of drug-likeness (QED) is 0.833. The Morgan fingerprint density at radius 2 is 1.96 bits per heavy atom. The number of nitrogens with zero attached hydrogens (tertiary/aromatic N) is 2. The summed E-state index contributed by atoms with van der Waals surface area (Å²) in [5, 5.41) is 10.7. The molecule has 1 N–H and O–H groups in total. The van der Waals surface area contributed by atoms with Gasteiger partial charge in [-0.05, 0) is 69.0 Å². The van der Waals surface area contributed by atoms with Crippen LogP contribution in [-0.4, -0.2) is 40.2 Å². The number of rotatable bonds is 7. The molecule has 0 bridgehead atoms. The van der Waals surface area contributed by atoms with Crippen LogP contribution in [0.3, 0.4) is 0 Å². The highest BCUT2D eigenvalue weighted by atomic mass is 16.4. The minimum Gasteiger partial charge on any atom is -0.478 e. The Morgan fingerprint density at radius 1 is 1.21 bits per heavy atom. The number of aryl methyl sites for hydroxylation is 2. The summed E-state index contributed by atoms with van der Waals surface area (Å²) in [4.78, 5) is 14.0. The van der Waals surface area contributed by atoms with Crippen LogP contribution >= 0.6 is 0 Å². The van der Waals surface area contributed by atoms with Crippen molar-refractivity contribution in [1.82, 2.24) is 9.47 Å². The number of hydrogen-bond donors (Lipinski definition) is 1. The molecule has 0 radical (unpaired) electrons. The zero-order chi connectivity index (χ0) is 17.1. The van der Waals surface area contributed by atoms with Crippen molar-refractivity contribution in [2.24, 2.45) is 0 Å². The van der Waals surface area contributed by atoms with Gasteiger partial charge in [-0.3, -0.25) is 0 Å². The normalized spacial score (nSPS) is 15.4. The number of aromatic carboxylic acids is 1. The lowest BCUT2D eigenvalue weighted by molar-refractivity contribution is 0.0696. The summed E-state index contributed by atoms with van der Waals surface area (Å²) in [6, 6.07) is 3.93. The molecule has 130 valence electrons. The first-order valence-electron chi connectivity index (χ1n) is 9.18. The maximum atomic E-state index is 11.5. The van der Waals surface area contributed by atoms with Gasteiger partial charge in [-0.1, -0.05) is 13.3 Å². The molecule has 3 rings (SSSR count). The predicted molar refractivity (Wildman–Crippen MR) is 97.9 cm³/mol. The average molecular weight is 328 g/mol. The number of carboxylic acid groups (broad SMARTS) is 1. The van der Waals surface area contributed by atoms with Crippen LogP contribution in [-0.2, 0) is 13.0 Å². The first kappa shape index (κ1) is 17.0. The van der Waals surface area contributed by atoms with Crippen LogP contribution < -0.4 is 0 Å². The third-order valence-electron chi connectivity index (χ3n) is 5.19. The number of aromatic nitrogens is 1. The molecule has 0 unspecified atom stereocenters. The highest BCUT2D eigenvalue weighted by Crippen LogP contribution is 2.27. The Balaban J connectivity index is 1.94. The van der Waals surface area contributed by atoms with Crippen LogP contribution in [0.2, 0.25) is 0 Å².